The van der Waals surface area contributed by atoms with E-state index in [0.29, 0.717) is 26.2 Å². The van der Waals surface area contributed by atoms with Crippen molar-refractivity contribution in [3.8, 4) is 0 Å². The van der Waals surface area contributed by atoms with Crippen LogP contribution >= 0.6 is 0 Å². The van der Waals surface area contributed by atoms with E-state index in [-0.39, 0.29) is 5.54 Å². The van der Waals surface area contributed by atoms with E-state index in [1.165, 1.54) is 5.56 Å². The third kappa shape index (κ3) is 7.61. The lowest BCUT2D eigenvalue weighted by Gasteiger charge is -2.35. The summed E-state index contributed by atoms with van der Waals surface area (Å²) in [5.41, 5.74) is 25.5. The van der Waals surface area contributed by atoms with Crippen LogP contribution in [0.3, 0.4) is 0 Å². The van der Waals surface area contributed by atoms with Gasteiger partial charge in [0.15, 0.2) is 0 Å². The van der Waals surface area contributed by atoms with Crippen LogP contribution < -0.4 is 49.5 Å². The van der Waals surface area contributed by atoms with Gasteiger partial charge in [0.2, 0.25) is 0 Å². The SMILES string of the molecule is NC[C@]1(N)CNCCNC[C@@](CN)(NCc2ccc(N)cc2)CNCCNC1. The predicted molar refractivity (Wildman–Crippen MR) is 117 cm³/mol. The molecular formula is C19H39N9. The second kappa shape index (κ2) is 11.6. The van der Waals surface area contributed by atoms with Crippen molar-refractivity contribution in [3.05, 3.63) is 29.8 Å². The maximum atomic E-state index is 6.35. The zero-order valence-electron chi connectivity index (χ0n) is 16.9. The quantitative estimate of drug-likeness (QED) is 0.238. The molecule has 0 radical (unpaired) electrons. The molecule has 1 aliphatic heterocycles. The van der Waals surface area contributed by atoms with Crippen molar-refractivity contribution in [1.29, 1.82) is 0 Å². The van der Waals surface area contributed by atoms with Crippen molar-refractivity contribution >= 4 is 5.69 Å². The Hall–Kier alpha value is -1.30. The second-order valence-electron chi connectivity index (χ2n) is 7.85. The van der Waals surface area contributed by atoms with E-state index in [9.17, 15) is 0 Å². The van der Waals surface area contributed by atoms with Gasteiger partial charge in [0.25, 0.3) is 0 Å². The van der Waals surface area contributed by atoms with Crippen LogP contribution in [-0.2, 0) is 6.54 Å². The standard InChI is InChI=1S/C19H39N9/c20-10-18(23)12-24-5-7-26-14-19(11-21,15-27-8-6-25-13-18)28-9-16-1-3-17(22)4-2-16/h1-4,24-28H,5-15,20-23H2/t18-,19+. The minimum Gasteiger partial charge on any atom is -0.399 e. The van der Waals surface area contributed by atoms with Crippen LogP contribution in [0.25, 0.3) is 0 Å². The molecule has 1 aliphatic rings. The van der Waals surface area contributed by atoms with Crippen molar-refractivity contribution < 1.29 is 0 Å². The normalized spacial score (nSPS) is 28.5. The summed E-state index contributed by atoms with van der Waals surface area (Å²) >= 11 is 0. The Morgan fingerprint density at radius 3 is 1.75 bits per heavy atom. The number of hydrogen-bond donors (Lipinski definition) is 9. The number of nitrogens with one attached hydrogen (secondary N) is 5. The fraction of sp³-hybridized carbons (Fsp3) is 0.684. The fourth-order valence-corrected chi connectivity index (χ4v) is 3.22. The molecule has 0 atom stereocenters. The average molecular weight is 394 g/mol. The summed E-state index contributed by atoms with van der Waals surface area (Å²) in [6, 6.07) is 7.93. The van der Waals surface area contributed by atoms with Crippen LogP contribution in [0, 0.1) is 0 Å². The highest BCUT2D eigenvalue weighted by atomic mass is 15.1. The van der Waals surface area contributed by atoms with E-state index >= 15 is 0 Å². The number of benzene rings is 1. The Morgan fingerprint density at radius 2 is 1.29 bits per heavy atom. The number of rotatable bonds is 5. The van der Waals surface area contributed by atoms with E-state index in [2.05, 4.69) is 26.6 Å². The fourth-order valence-electron chi connectivity index (χ4n) is 3.22. The molecule has 28 heavy (non-hydrogen) atoms. The van der Waals surface area contributed by atoms with Gasteiger partial charge in [-0.25, -0.2) is 0 Å². The van der Waals surface area contributed by atoms with Gasteiger partial charge in [-0.3, -0.25) is 0 Å². The van der Waals surface area contributed by atoms with Crippen LogP contribution in [0.2, 0.25) is 0 Å². The van der Waals surface area contributed by atoms with Gasteiger partial charge in [-0.2, -0.15) is 0 Å². The van der Waals surface area contributed by atoms with Crippen LogP contribution in [0.5, 0.6) is 0 Å². The van der Waals surface area contributed by atoms with Gasteiger partial charge in [-0.05, 0) is 17.7 Å². The Balaban J connectivity index is 1.93. The summed E-state index contributed by atoms with van der Waals surface area (Å²) in [4.78, 5) is 0. The van der Waals surface area contributed by atoms with E-state index in [0.717, 1.165) is 51.5 Å². The van der Waals surface area contributed by atoms with Gasteiger partial charge >= 0.3 is 0 Å². The molecule has 160 valence electrons. The molecule has 1 saturated heterocycles. The average Bonchev–Trinajstić information content (AvgIpc) is 2.71. The van der Waals surface area contributed by atoms with E-state index < -0.39 is 5.54 Å². The summed E-state index contributed by atoms with van der Waals surface area (Å²) < 4.78 is 0. The number of anilines is 1. The molecule has 1 aromatic carbocycles. The highest BCUT2D eigenvalue weighted by Crippen LogP contribution is 2.08. The molecule has 0 saturated carbocycles. The first kappa shape index (κ1) is 23.0. The predicted octanol–water partition coefficient (Wildman–Crippen LogP) is -2.92. The molecule has 1 fully saturated rings. The summed E-state index contributed by atoms with van der Waals surface area (Å²) in [6.45, 7) is 7.93. The zero-order valence-corrected chi connectivity index (χ0v) is 16.9. The summed E-state index contributed by atoms with van der Waals surface area (Å²) in [7, 11) is 0. The molecule has 13 N–H and O–H groups in total. The smallest absolute Gasteiger partial charge is 0.0558 e. The lowest BCUT2D eigenvalue weighted by molar-refractivity contribution is 0.293. The molecule has 1 aromatic rings. The summed E-state index contributed by atoms with van der Waals surface area (Å²) in [6.07, 6.45) is 0. The number of nitrogen functional groups attached to an aromatic ring is 1. The maximum absolute atomic E-state index is 6.35. The Bertz CT molecular complexity index is 533. The Morgan fingerprint density at radius 1 is 0.786 bits per heavy atom. The van der Waals surface area contributed by atoms with Crippen LogP contribution in [0.4, 0.5) is 5.69 Å². The first-order chi connectivity index (χ1) is 13.5. The van der Waals surface area contributed by atoms with Gasteiger partial charge in [-0.1, -0.05) is 12.1 Å². The monoisotopic (exact) mass is 393 g/mol. The molecule has 2 rings (SSSR count). The molecule has 9 heteroatoms. The molecular weight excluding hydrogens is 354 g/mol. The molecule has 0 aliphatic carbocycles. The third-order valence-corrected chi connectivity index (χ3v) is 5.28. The molecule has 0 bridgehead atoms. The van der Waals surface area contributed by atoms with Gasteiger partial charge in [0.1, 0.15) is 0 Å². The van der Waals surface area contributed by atoms with Gasteiger partial charge < -0.3 is 49.5 Å². The van der Waals surface area contributed by atoms with Crippen molar-refractivity contribution in [2.75, 3.05) is 71.2 Å². The number of hydrogen-bond acceptors (Lipinski definition) is 9. The third-order valence-electron chi connectivity index (χ3n) is 5.28. The molecule has 1 heterocycles. The van der Waals surface area contributed by atoms with Gasteiger partial charge in [-0.15, -0.1) is 0 Å². The van der Waals surface area contributed by atoms with Crippen LogP contribution in [0.1, 0.15) is 5.56 Å². The van der Waals surface area contributed by atoms with Crippen molar-refractivity contribution in [3.63, 3.8) is 0 Å². The molecule has 0 amide bonds. The van der Waals surface area contributed by atoms with Crippen molar-refractivity contribution in [2.24, 2.45) is 17.2 Å². The molecule has 9 nitrogen and oxygen atoms in total. The lowest BCUT2D eigenvalue weighted by atomic mass is 9.98. The highest BCUT2D eigenvalue weighted by molar-refractivity contribution is 5.39. The van der Waals surface area contributed by atoms with E-state index in [4.69, 9.17) is 22.9 Å². The van der Waals surface area contributed by atoms with Crippen LogP contribution in [0.15, 0.2) is 24.3 Å². The molecule has 0 spiro atoms. The Labute approximate surface area is 168 Å². The molecule has 0 aromatic heterocycles. The van der Waals surface area contributed by atoms with E-state index in [1.807, 2.05) is 24.3 Å². The number of nitrogens with two attached hydrogens (primary N) is 4. The van der Waals surface area contributed by atoms with E-state index in [1.54, 1.807) is 0 Å². The highest BCUT2D eigenvalue weighted by Gasteiger charge is 2.28. The lowest BCUT2D eigenvalue weighted by Crippen LogP contribution is -2.64. The minimum atomic E-state index is -0.425. The summed E-state index contributed by atoms with van der Waals surface area (Å²) in [5, 5.41) is 17.5. The molecule has 0 unspecified atom stereocenters. The van der Waals surface area contributed by atoms with Crippen molar-refractivity contribution in [2.45, 2.75) is 17.6 Å². The maximum Gasteiger partial charge on any atom is 0.0558 e. The topological polar surface area (TPSA) is 164 Å². The minimum absolute atomic E-state index is 0.236. The largest absolute Gasteiger partial charge is 0.399 e. The second-order valence-corrected chi connectivity index (χ2v) is 7.85. The first-order valence-corrected chi connectivity index (χ1v) is 10.1. The zero-order chi connectivity index (χ0) is 20.3. The van der Waals surface area contributed by atoms with Gasteiger partial charge in [0, 0.05) is 77.7 Å². The Kier molecular flexibility index (Phi) is 9.56. The van der Waals surface area contributed by atoms with Gasteiger partial charge in [0.05, 0.1) is 11.1 Å². The first-order valence-electron chi connectivity index (χ1n) is 10.1. The summed E-state index contributed by atoms with van der Waals surface area (Å²) in [5.74, 6) is 0. The van der Waals surface area contributed by atoms with Crippen LogP contribution in [-0.4, -0.2) is 76.5 Å². The van der Waals surface area contributed by atoms with Crippen molar-refractivity contribution in [1.82, 2.24) is 26.6 Å².